The van der Waals surface area contributed by atoms with Crippen LogP contribution in [0.1, 0.15) is 34.7 Å². The number of nitrogens with zero attached hydrogens (tertiary/aromatic N) is 1. The van der Waals surface area contributed by atoms with Gasteiger partial charge < -0.3 is 14.3 Å². The normalized spacial score (nSPS) is 12.5. The van der Waals surface area contributed by atoms with Gasteiger partial charge in [0.1, 0.15) is 12.2 Å². The van der Waals surface area contributed by atoms with Gasteiger partial charge in [0.25, 0.3) is 0 Å². The maximum absolute atomic E-state index is 13.5. The first-order valence-corrected chi connectivity index (χ1v) is 9.90. The standard InChI is InChI=1S/C22H20Cl2F3NO4/c1-12-6-5-7-15(17(10-30-3)21(29)31-4)16(12)11-32-28-13(2)14-8-9-18(23)20(24)19(14)22(25,26)27/h5-10H,11H2,1-4H3/b17-10+,28-13+. The highest BCUT2D eigenvalue weighted by atomic mass is 35.5. The van der Waals surface area contributed by atoms with Crippen molar-refractivity contribution in [1.82, 2.24) is 0 Å². The molecule has 0 heterocycles. The van der Waals surface area contributed by atoms with Gasteiger partial charge in [-0.1, -0.05) is 52.6 Å². The molecule has 0 saturated carbocycles. The van der Waals surface area contributed by atoms with Gasteiger partial charge in [-0.2, -0.15) is 13.2 Å². The predicted molar refractivity (Wildman–Crippen MR) is 117 cm³/mol. The fraction of sp³-hybridized carbons (Fsp3) is 0.273. The molecule has 32 heavy (non-hydrogen) atoms. The molecule has 0 spiro atoms. The second-order valence-corrected chi connectivity index (χ2v) is 7.38. The van der Waals surface area contributed by atoms with Crippen molar-refractivity contribution in [3.8, 4) is 0 Å². The highest BCUT2D eigenvalue weighted by molar-refractivity contribution is 6.42. The van der Waals surface area contributed by atoms with E-state index in [-0.39, 0.29) is 28.5 Å². The number of aryl methyl sites for hydroxylation is 1. The minimum atomic E-state index is -4.74. The summed E-state index contributed by atoms with van der Waals surface area (Å²) >= 11 is 11.5. The zero-order chi connectivity index (χ0) is 24.1. The number of alkyl halides is 3. The van der Waals surface area contributed by atoms with Crippen LogP contribution in [0.3, 0.4) is 0 Å². The molecule has 0 aliphatic rings. The minimum absolute atomic E-state index is 0.0494. The summed E-state index contributed by atoms with van der Waals surface area (Å²) in [6.45, 7) is 3.03. The SMILES string of the molecule is CO/C=C(/C(=O)OC)c1cccc(C)c1CO/N=C(\C)c1ccc(Cl)c(Cl)c1C(F)(F)F. The number of methoxy groups -OCH3 is 2. The molecule has 0 saturated heterocycles. The average Bonchev–Trinajstić information content (AvgIpc) is 2.73. The molecule has 5 nitrogen and oxygen atoms in total. The number of halogens is 5. The topological polar surface area (TPSA) is 57.1 Å². The summed E-state index contributed by atoms with van der Waals surface area (Å²) in [6, 6.07) is 7.63. The lowest BCUT2D eigenvalue weighted by Crippen LogP contribution is -2.13. The zero-order valence-corrected chi connectivity index (χ0v) is 19.2. The van der Waals surface area contributed by atoms with E-state index in [9.17, 15) is 18.0 Å². The largest absolute Gasteiger partial charge is 0.503 e. The molecule has 0 amide bonds. The summed E-state index contributed by atoms with van der Waals surface area (Å²) in [4.78, 5) is 17.5. The Morgan fingerprint density at radius 2 is 1.81 bits per heavy atom. The smallest absolute Gasteiger partial charge is 0.418 e. The minimum Gasteiger partial charge on any atom is -0.503 e. The van der Waals surface area contributed by atoms with E-state index >= 15 is 0 Å². The summed E-state index contributed by atoms with van der Waals surface area (Å²) < 4.78 is 50.3. The lowest BCUT2D eigenvalue weighted by molar-refractivity contribution is -0.137. The number of hydrogen-bond donors (Lipinski definition) is 0. The molecular weight excluding hydrogens is 470 g/mol. The zero-order valence-electron chi connectivity index (χ0n) is 17.6. The molecule has 10 heteroatoms. The van der Waals surface area contributed by atoms with E-state index < -0.39 is 22.7 Å². The quantitative estimate of drug-likeness (QED) is 0.148. The fourth-order valence-corrected chi connectivity index (χ4v) is 3.40. The van der Waals surface area contributed by atoms with Gasteiger partial charge in [-0.25, -0.2) is 4.79 Å². The summed E-state index contributed by atoms with van der Waals surface area (Å²) in [7, 11) is 2.62. The number of benzene rings is 2. The lowest BCUT2D eigenvalue weighted by Gasteiger charge is -2.16. The fourth-order valence-electron chi connectivity index (χ4n) is 2.97. The summed E-state index contributed by atoms with van der Waals surface area (Å²) in [5, 5.41) is 3.00. The van der Waals surface area contributed by atoms with Gasteiger partial charge in [0, 0.05) is 11.1 Å². The van der Waals surface area contributed by atoms with Crippen molar-refractivity contribution >= 4 is 40.5 Å². The van der Waals surface area contributed by atoms with Gasteiger partial charge in [0.15, 0.2) is 0 Å². The maximum Gasteiger partial charge on any atom is 0.418 e. The molecule has 0 unspecified atom stereocenters. The van der Waals surface area contributed by atoms with Crippen molar-refractivity contribution in [2.24, 2.45) is 5.16 Å². The van der Waals surface area contributed by atoms with E-state index in [2.05, 4.69) is 5.16 Å². The summed E-state index contributed by atoms with van der Waals surface area (Å²) in [5.74, 6) is -0.621. The Morgan fingerprint density at radius 1 is 1.12 bits per heavy atom. The monoisotopic (exact) mass is 489 g/mol. The molecular formula is C22H20Cl2F3NO4. The Bertz CT molecular complexity index is 1070. The molecule has 0 fully saturated rings. The van der Waals surface area contributed by atoms with Crippen molar-refractivity contribution in [3.63, 3.8) is 0 Å². The first-order valence-electron chi connectivity index (χ1n) is 9.15. The van der Waals surface area contributed by atoms with E-state index in [1.54, 1.807) is 25.1 Å². The molecule has 2 aromatic carbocycles. The summed E-state index contributed by atoms with van der Waals surface area (Å²) in [6.07, 6.45) is -3.50. The van der Waals surface area contributed by atoms with Crippen LogP contribution in [0.15, 0.2) is 41.7 Å². The van der Waals surface area contributed by atoms with Gasteiger partial charge >= 0.3 is 12.1 Å². The van der Waals surface area contributed by atoms with Crippen LogP contribution < -0.4 is 0 Å². The van der Waals surface area contributed by atoms with Crippen molar-refractivity contribution < 1.29 is 32.3 Å². The van der Waals surface area contributed by atoms with Crippen molar-refractivity contribution in [3.05, 3.63) is 74.5 Å². The molecule has 0 bridgehead atoms. The van der Waals surface area contributed by atoms with Gasteiger partial charge in [0.2, 0.25) is 0 Å². The molecule has 0 aliphatic carbocycles. The first kappa shape index (κ1) is 25.5. The third kappa shape index (κ3) is 5.75. The van der Waals surface area contributed by atoms with Gasteiger partial charge in [0.05, 0.1) is 41.8 Å². The molecule has 172 valence electrons. The number of carbonyl (C=O) groups excluding carboxylic acids is 1. The molecule has 0 atom stereocenters. The van der Waals surface area contributed by atoms with Crippen LogP contribution in [0.4, 0.5) is 13.2 Å². The summed E-state index contributed by atoms with van der Waals surface area (Å²) in [5.41, 5.74) is 0.593. The van der Waals surface area contributed by atoms with Crippen LogP contribution in [-0.2, 0) is 31.9 Å². The van der Waals surface area contributed by atoms with E-state index in [0.717, 1.165) is 5.56 Å². The Morgan fingerprint density at radius 3 is 2.41 bits per heavy atom. The van der Waals surface area contributed by atoms with Crippen molar-refractivity contribution in [1.29, 1.82) is 0 Å². The first-order chi connectivity index (χ1) is 15.0. The number of esters is 1. The van der Waals surface area contributed by atoms with Crippen LogP contribution in [0, 0.1) is 6.92 Å². The van der Waals surface area contributed by atoms with Crippen LogP contribution in [-0.4, -0.2) is 25.9 Å². The number of carbonyl (C=O) groups is 1. The molecule has 0 radical (unpaired) electrons. The van der Waals surface area contributed by atoms with Crippen LogP contribution in [0.2, 0.25) is 10.0 Å². The van der Waals surface area contributed by atoms with Crippen LogP contribution in [0.25, 0.3) is 5.57 Å². The average molecular weight is 490 g/mol. The van der Waals surface area contributed by atoms with Crippen molar-refractivity contribution in [2.75, 3.05) is 14.2 Å². The number of ether oxygens (including phenoxy) is 2. The second-order valence-electron chi connectivity index (χ2n) is 6.59. The predicted octanol–water partition coefficient (Wildman–Crippen LogP) is 6.42. The molecule has 2 rings (SSSR count). The Kier molecular flexibility index (Phi) is 8.58. The van der Waals surface area contributed by atoms with E-state index in [4.69, 9.17) is 37.5 Å². The third-order valence-electron chi connectivity index (χ3n) is 4.52. The Labute approximate surface area is 193 Å². The van der Waals surface area contributed by atoms with Gasteiger partial charge in [-0.3, -0.25) is 0 Å². The molecule has 0 N–H and O–H groups in total. The number of hydrogen-bond acceptors (Lipinski definition) is 5. The Balaban J connectivity index is 2.40. The van der Waals surface area contributed by atoms with Crippen molar-refractivity contribution in [2.45, 2.75) is 26.6 Å². The molecule has 0 aromatic heterocycles. The van der Waals surface area contributed by atoms with Gasteiger partial charge in [-0.15, -0.1) is 0 Å². The maximum atomic E-state index is 13.5. The second kappa shape index (κ2) is 10.7. The van der Waals surface area contributed by atoms with Gasteiger partial charge in [-0.05, 0) is 31.0 Å². The van der Waals surface area contributed by atoms with Crippen LogP contribution in [0.5, 0.6) is 0 Å². The Hall–Kier alpha value is -2.71. The lowest BCUT2D eigenvalue weighted by atomic mass is 9.97. The van der Waals surface area contributed by atoms with E-state index in [0.29, 0.717) is 11.1 Å². The third-order valence-corrected chi connectivity index (χ3v) is 5.32. The highest BCUT2D eigenvalue weighted by Gasteiger charge is 2.37. The molecule has 0 aliphatic heterocycles. The number of rotatable bonds is 7. The van der Waals surface area contributed by atoms with E-state index in [1.807, 2.05) is 0 Å². The van der Waals surface area contributed by atoms with E-state index in [1.165, 1.54) is 39.5 Å². The highest BCUT2D eigenvalue weighted by Crippen LogP contribution is 2.40. The van der Waals surface area contributed by atoms with Crippen LogP contribution >= 0.6 is 23.2 Å². The number of oxime groups is 1. The molecule has 2 aromatic rings.